The highest BCUT2D eigenvalue weighted by atomic mass is 16.4. The quantitative estimate of drug-likeness (QED) is 0.898. The molecular formula is C18H23NO3. The molecule has 1 amide bonds. The fourth-order valence-corrected chi connectivity index (χ4v) is 3.85. The lowest BCUT2D eigenvalue weighted by atomic mass is 9.86. The third kappa shape index (κ3) is 3.32. The highest BCUT2D eigenvalue weighted by Gasteiger charge is 2.28. The summed E-state index contributed by atoms with van der Waals surface area (Å²) in [5, 5.41) is 12.1. The number of nitrogens with one attached hydrogen (secondary N) is 1. The number of benzene rings is 1. The van der Waals surface area contributed by atoms with Crippen molar-refractivity contribution in [2.45, 2.75) is 56.9 Å². The van der Waals surface area contributed by atoms with Gasteiger partial charge in [-0.25, -0.2) is 0 Å². The van der Waals surface area contributed by atoms with E-state index in [0.29, 0.717) is 25.2 Å². The number of carbonyl (C=O) groups is 2. The van der Waals surface area contributed by atoms with Gasteiger partial charge in [-0.2, -0.15) is 0 Å². The van der Waals surface area contributed by atoms with Gasteiger partial charge >= 0.3 is 5.97 Å². The van der Waals surface area contributed by atoms with Gasteiger partial charge in [-0.15, -0.1) is 0 Å². The van der Waals surface area contributed by atoms with Gasteiger partial charge in [-0.1, -0.05) is 24.3 Å². The van der Waals surface area contributed by atoms with E-state index in [1.807, 2.05) is 6.07 Å². The molecule has 1 saturated carbocycles. The SMILES string of the molecule is O=C(C[C@@H]1CCc2ccccc21)NC1CCC(C(=O)O)CC1. The zero-order chi connectivity index (χ0) is 15.5. The molecule has 1 atom stereocenters. The number of aryl methyl sites for hydroxylation is 1. The van der Waals surface area contributed by atoms with Crippen molar-refractivity contribution in [3.63, 3.8) is 0 Å². The van der Waals surface area contributed by atoms with Crippen LogP contribution >= 0.6 is 0 Å². The lowest BCUT2D eigenvalue weighted by molar-refractivity contribution is -0.142. The van der Waals surface area contributed by atoms with E-state index in [-0.39, 0.29) is 17.9 Å². The zero-order valence-electron chi connectivity index (χ0n) is 12.8. The Balaban J connectivity index is 1.49. The maximum Gasteiger partial charge on any atom is 0.306 e. The summed E-state index contributed by atoms with van der Waals surface area (Å²) >= 11 is 0. The van der Waals surface area contributed by atoms with Crippen molar-refractivity contribution in [1.82, 2.24) is 5.32 Å². The first-order valence-electron chi connectivity index (χ1n) is 8.23. The summed E-state index contributed by atoms with van der Waals surface area (Å²) < 4.78 is 0. The predicted molar refractivity (Wildman–Crippen MR) is 83.6 cm³/mol. The van der Waals surface area contributed by atoms with Gasteiger partial charge in [0.05, 0.1) is 5.92 Å². The average Bonchev–Trinajstić information content (AvgIpc) is 2.91. The molecule has 0 saturated heterocycles. The smallest absolute Gasteiger partial charge is 0.306 e. The van der Waals surface area contributed by atoms with Crippen molar-refractivity contribution >= 4 is 11.9 Å². The number of carbonyl (C=O) groups excluding carboxylic acids is 1. The van der Waals surface area contributed by atoms with E-state index in [1.54, 1.807) is 0 Å². The Morgan fingerprint density at radius 1 is 1.09 bits per heavy atom. The van der Waals surface area contributed by atoms with E-state index >= 15 is 0 Å². The number of fused-ring (bicyclic) bond motifs is 1. The highest BCUT2D eigenvalue weighted by molar-refractivity contribution is 5.77. The molecule has 0 spiro atoms. The van der Waals surface area contributed by atoms with Gasteiger partial charge in [0.2, 0.25) is 5.91 Å². The maximum absolute atomic E-state index is 12.3. The largest absolute Gasteiger partial charge is 0.481 e. The Kier molecular flexibility index (Phi) is 4.46. The molecular weight excluding hydrogens is 278 g/mol. The molecule has 0 aromatic heterocycles. The Bertz CT molecular complexity index is 561. The van der Waals surface area contributed by atoms with Crippen molar-refractivity contribution in [2.24, 2.45) is 5.92 Å². The fraction of sp³-hybridized carbons (Fsp3) is 0.556. The lowest BCUT2D eigenvalue weighted by Crippen LogP contribution is -2.39. The Hall–Kier alpha value is -1.84. The zero-order valence-corrected chi connectivity index (χ0v) is 12.8. The second-order valence-corrected chi connectivity index (χ2v) is 6.59. The number of carboxylic acid groups (broad SMARTS) is 1. The Morgan fingerprint density at radius 2 is 1.82 bits per heavy atom. The van der Waals surface area contributed by atoms with Crippen LogP contribution in [0.4, 0.5) is 0 Å². The first-order chi connectivity index (χ1) is 10.6. The van der Waals surface area contributed by atoms with E-state index in [4.69, 9.17) is 5.11 Å². The third-order valence-corrected chi connectivity index (χ3v) is 5.13. The number of hydrogen-bond donors (Lipinski definition) is 2. The van der Waals surface area contributed by atoms with Crippen LogP contribution in [-0.2, 0) is 16.0 Å². The first-order valence-corrected chi connectivity index (χ1v) is 8.23. The van der Waals surface area contributed by atoms with Crippen LogP contribution in [-0.4, -0.2) is 23.0 Å². The summed E-state index contributed by atoms with van der Waals surface area (Å²) in [5.41, 5.74) is 2.70. The molecule has 4 nitrogen and oxygen atoms in total. The lowest BCUT2D eigenvalue weighted by Gasteiger charge is -2.27. The van der Waals surface area contributed by atoms with E-state index in [2.05, 4.69) is 23.5 Å². The van der Waals surface area contributed by atoms with Crippen molar-refractivity contribution in [3.8, 4) is 0 Å². The summed E-state index contributed by atoms with van der Waals surface area (Å²) in [5.74, 6) is -0.478. The standard InChI is InChI=1S/C18H23NO3/c20-17(19-15-9-7-13(8-10-15)18(21)22)11-14-6-5-12-3-1-2-4-16(12)14/h1-4,13-15H,5-11H2,(H,19,20)(H,21,22)/t13?,14-,15?/m0/s1. The van der Waals surface area contributed by atoms with Gasteiger partial charge < -0.3 is 10.4 Å². The maximum atomic E-state index is 12.3. The minimum absolute atomic E-state index is 0.112. The van der Waals surface area contributed by atoms with Crippen LogP contribution in [0.5, 0.6) is 0 Å². The van der Waals surface area contributed by atoms with Crippen molar-refractivity contribution in [3.05, 3.63) is 35.4 Å². The Morgan fingerprint density at radius 3 is 2.55 bits per heavy atom. The van der Waals surface area contributed by atoms with Crippen LogP contribution in [0.15, 0.2) is 24.3 Å². The summed E-state index contributed by atoms with van der Waals surface area (Å²) in [7, 11) is 0. The normalized spacial score (nSPS) is 27.2. The van der Waals surface area contributed by atoms with Crippen molar-refractivity contribution < 1.29 is 14.7 Å². The predicted octanol–water partition coefficient (Wildman–Crippen LogP) is 2.87. The summed E-state index contributed by atoms with van der Waals surface area (Å²) in [4.78, 5) is 23.2. The molecule has 118 valence electrons. The Labute approximate surface area is 130 Å². The molecule has 0 unspecified atom stereocenters. The van der Waals surface area contributed by atoms with E-state index in [1.165, 1.54) is 11.1 Å². The molecule has 0 bridgehead atoms. The molecule has 0 radical (unpaired) electrons. The summed E-state index contributed by atoms with van der Waals surface area (Å²) in [6, 6.07) is 8.54. The molecule has 1 aromatic rings. The van der Waals surface area contributed by atoms with E-state index in [9.17, 15) is 9.59 Å². The van der Waals surface area contributed by atoms with Crippen LogP contribution in [0, 0.1) is 5.92 Å². The molecule has 2 aliphatic carbocycles. The second-order valence-electron chi connectivity index (χ2n) is 6.59. The molecule has 1 fully saturated rings. The highest BCUT2D eigenvalue weighted by Crippen LogP contribution is 2.35. The van der Waals surface area contributed by atoms with Crippen LogP contribution < -0.4 is 5.32 Å². The van der Waals surface area contributed by atoms with Crippen molar-refractivity contribution in [2.75, 3.05) is 0 Å². The van der Waals surface area contributed by atoms with Gasteiger partial charge in [0.1, 0.15) is 0 Å². The summed E-state index contributed by atoms with van der Waals surface area (Å²) in [6.45, 7) is 0. The average molecular weight is 301 g/mol. The summed E-state index contributed by atoms with van der Waals surface area (Å²) in [6.07, 6.45) is 5.58. The first kappa shape index (κ1) is 15.1. The molecule has 4 heteroatoms. The second kappa shape index (κ2) is 6.51. The monoisotopic (exact) mass is 301 g/mol. The van der Waals surface area contributed by atoms with E-state index in [0.717, 1.165) is 25.7 Å². The van der Waals surface area contributed by atoms with Gasteiger partial charge in [0.15, 0.2) is 0 Å². The number of amides is 1. The van der Waals surface area contributed by atoms with Crippen LogP contribution in [0.2, 0.25) is 0 Å². The van der Waals surface area contributed by atoms with Crippen LogP contribution in [0.3, 0.4) is 0 Å². The molecule has 1 aromatic carbocycles. The fourth-order valence-electron chi connectivity index (χ4n) is 3.85. The van der Waals surface area contributed by atoms with Gasteiger partial charge in [-0.05, 0) is 55.6 Å². The van der Waals surface area contributed by atoms with Crippen molar-refractivity contribution in [1.29, 1.82) is 0 Å². The van der Waals surface area contributed by atoms with Crippen LogP contribution in [0.1, 0.15) is 55.6 Å². The van der Waals surface area contributed by atoms with Crippen LogP contribution in [0.25, 0.3) is 0 Å². The van der Waals surface area contributed by atoms with Gasteiger partial charge in [-0.3, -0.25) is 9.59 Å². The minimum atomic E-state index is -0.702. The molecule has 2 N–H and O–H groups in total. The number of rotatable bonds is 4. The number of carboxylic acids is 1. The topological polar surface area (TPSA) is 66.4 Å². The molecule has 3 rings (SSSR count). The number of hydrogen-bond acceptors (Lipinski definition) is 2. The molecule has 0 heterocycles. The van der Waals surface area contributed by atoms with Gasteiger partial charge in [0.25, 0.3) is 0 Å². The minimum Gasteiger partial charge on any atom is -0.481 e. The molecule has 2 aliphatic rings. The third-order valence-electron chi connectivity index (χ3n) is 5.13. The van der Waals surface area contributed by atoms with E-state index < -0.39 is 5.97 Å². The van der Waals surface area contributed by atoms with Gasteiger partial charge in [0, 0.05) is 12.5 Å². The molecule has 22 heavy (non-hydrogen) atoms. The molecule has 0 aliphatic heterocycles. The number of aliphatic carboxylic acids is 1.